The van der Waals surface area contributed by atoms with E-state index in [0.29, 0.717) is 18.3 Å². The Morgan fingerprint density at radius 2 is 2.13 bits per heavy atom. The normalized spacial score (nSPS) is 12.5. The molecule has 90 valence electrons. The lowest BCUT2D eigenvalue weighted by molar-refractivity contribution is -0.156. The summed E-state index contributed by atoms with van der Waals surface area (Å²) >= 11 is 4.30. The number of hydrogen-bond donors (Lipinski definition) is 1. The average Bonchev–Trinajstić information content (AvgIpc) is 2.25. The molecule has 0 spiro atoms. The summed E-state index contributed by atoms with van der Waals surface area (Å²) in [5, 5.41) is 0.290. The first kappa shape index (κ1) is 14.8. The number of ether oxygens (including phenoxy) is 2. The first-order valence-electron chi connectivity index (χ1n) is 5.62. The maximum atomic E-state index is 11.2. The second-order valence-corrected chi connectivity index (χ2v) is 4.23. The lowest BCUT2D eigenvalue weighted by Crippen LogP contribution is -2.10. The number of carbonyl (C=O) groups is 1. The van der Waals surface area contributed by atoms with Gasteiger partial charge in [-0.2, -0.15) is 12.6 Å². The third kappa shape index (κ3) is 10.1. The lowest BCUT2D eigenvalue weighted by atomic mass is 10.2. The Kier molecular flexibility index (Phi) is 10.2. The van der Waals surface area contributed by atoms with Gasteiger partial charge in [-0.3, -0.25) is 4.79 Å². The Morgan fingerprint density at radius 3 is 2.73 bits per heavy atom. The zero-order valence-corrected chi connectivity index (χ0v) is 10.6. The minimum atomic E-state index is -0.195. The minimum Gasteiger partial charge on any atom is -0.438 e. The van der Waals surface area contributed by atoms with Gasteiger partial charge in [0.15, 0.2) is 6.79 Å². The van der Waals surface area contributed by atoms with Gasteiger partial charge in [0.25, 0.3) is 0 Å². The predicted octanol–water partition coefficient (Wildman–Crippen LogP) is 2.79. The fourth-order valence-electron chi connectivity index (χ4n) is 0.973. The third-order valence-corrected chi connectivity index (χ3v) is 2.72. The van der Waals surface area contributed by atoms with Crippen molar-refractivity contribution >= 4 is 18.6 Å². The van der Waals surface area contributed by atoms with Crippen molar-refractivity contribution in [2.75, 3.05) is 13.4 Å². The van der Waals surface area contributed by atoms with Crippen molar-refractivity contribution < 1.29 is 14.3 Å². The Balaban J connectivity index is 3.26. The van der Waals surface area contributed by atoms with Crippen molar-refractivity contribution in [3.8, 4) is 0 Å². The molecule has 0 radical (unpaired) electrons. The van der Waals surface area contributed by atoms with Crippen LogP contribution in [0.4, 0.5) is 0 Å². The molecule has 0 aromatic heterocycles. The number of esters is 1. The second kappa shape index (κ2) is 10.3. The molecular weight excluding hydrogens is 212 g/mol. The first-order chi connectivity index (χ1) is 7.20. The summed E-state index contributed by atoms with van der Waals surface area (Å²) in [5.41, 5.74) is 0. The number of rotatable bonds is 9. The maximum absolute atomic E-state index is 11.2. The van der Waals surface area contributed by atoms with Gasteiger partial charge in [0.05, 0.1) is 6.61 Å². The van der Waals surface area contributed by atoms with E-state index in [9.17, 15) is 4.79 Å². The summed E-state index contributed by atoms with van der Waals surface area (Å²) in [6, 6.07) is 0. The molecule has 15 heavy (non-hydrogen) atoms. The molecule has 1 atom stereocenters. The number of hydrogen-bond acceptors (Lipinski definition) is 4. The van der Waals surface area contributed by atoms with Crippen LogP contribution in [-0.4, -0.2) is 24.6 Å². The van der Waals surface area contributed by atoms with E-state index in [1.165, 1.54) is 0 Å². The molecule has 0 aliphatic carbocycles. The van der Waals surface area contributed by atoms with Gasteiger partial charge in [0, 0.05) is 11.7 Å². The summed E-state index contributed by atoms with van der Waals surface area (Å²) in [4.78, 5) is 11.2. The predicted molar refractivity (Wildman–Crippen MR) is 64.1 cm³/mol. The zero-order valence-electron chi connectivity index (χ0n) is 9.70. The maximum Gasteiger partial charge on any atom is 0.307 e. The van der Waals surface area contributed by atoms with Gasteiger partial charge < -0.3 is 9.47 Å². The van der Waals surface area contributed by atoms with Crippen LogP contribution in [0.15, 0.2) is 0 Å². The molecule has 0 rings (SSSR count). The van der Waals surface area contributed by atoms with E-state index in [0.717, 1.165) is 25.7 Å². The third-order valence-electron chi connectivity index (χ3n) is 2.10. The van der Waals surface area contributed by atoms with E-state index in [2.05, 4.69) is 26.5 Å². The Labute approximate surface area is 97.9 Å². The molecule has 0 N–H and O–H groups in total. The van der Waals surface area contributed by atoms with Crippen LogP contribution in [0.1, 0.15) is 46.0 Å². The van der Waals surface area contributed by atoms with Crippen LogP contribution < -0.4 is 0 Å². The fourth-order valence-corrected chi connectivity index (χ4v) is 1.10. The Hall–Kier alpha value is -0.220. The molecule has 0 aromatic carbocycles. The highest BCUT2D eigenvalue weighted by Crippen LogP contribution is 2.08. The smallest absolute Gasteiger partial charge is 0.307 e. The molecule has 0 aliphatic heterocycles. The molecule has 0 fully saturated rings. The van der Waals surface area contributed by atoms with Crippen LogP contribution in [0.25, 0.3) is 0 Å². The summed E-state index contributed by atoms with van der Waals surface area (Å²) in [6.07, 6.45) is 4.27. The average molecular weight is 234 g/mol. The highest BCUT2D eigenvalue weighted by Gasteiger charge is 2.06. The van der Waals surface area contributed by atoms with Gasteiger partial charge in [-0.05, 0) is 19.3 Å². The number of carbonyl (C=O) groups excluding carboxylic acids is 1. The molecule has 0 amide bonds. The van der Waals surface area contributed by atoms with E-state index in [1.54, 1.807) is 0 Å². The molecule has 3 nitrogen and oxygen atoms in total. The van der Waals surface area contributed by atoms with Crippen molar-refractivity contribution in [2.24, 2.45) is 0 Å². The summed E-state index contributed by atoms with van der Waals surface area (Å²) < 4.78 is 10.0. The van der Waals surface area contributed by atoms with Crippen molar-refractivity contribution in [3.05, 3.63) is 0 Å². The minimum absolute atomic E-state index is 0.0855. The van der Waals surface area contributed by atoms with Crippen LogP contribution in [0.2, 0.25) is 0 Å². The first-order valence-corrected chi connectivity index (χ1v) is 6.13. The van der Waals surface area contributed by atoms with Crippen molar-refractivity contribution in [2.45, 2.75) is 51.2 Å². The van der Waals surface area contributed by atoms with Gasteiger partial charge in [0.1, 0.15) is 0 Å². The lowest BCUT2D eigenvalue weighted by Gasteiger charge is -2.08. The van der Waals surface area contributed by atoms with E-state index >= 15 is 0 Å². The molecule has 0 aromatic rings. The largest absolute Gasteiger partial charge is 0.438 e. The molecule has 1 unspecified atom stereocenters. The van der Waals surface area contributed by atoms with E-state index in [4.69, 9.17) is 9.47 Å². The highest BCUT2D eigenvalue weighted by molar-refractivity contribution is 7.80. The number of unbranched alkanes of at least 4 members (excludes halogenated alkanes) is 1. The van der Waals surface area contributed by atoms with E-state index in [1.807, 2.05) is 0 Å². The van der Waals surface area contributed by atoms with Crippen LogP contribution in [0, 0.1) is 0 Å². The molecule has 0 aliphatic rings. The summed E-state index contributed by atoms with van der Waals surface area (Å²) in [6.45, 7) is 4.89. The second-order valence-electron chi connectivity index (χ2n) is 3.50. The molecule has 0 heterocycles. The van der Waals surface area contributed by atoms with Gasteiger partial charge in [-0.15, -0.1) is 0 Å². The SMILES string of the molecule is CCCCOCOC(=O)CCC(S)CC. The summed E-state index contributed by atoms with van der Waals surface area (Å²) in [5.74, 6) is -0.195. The van der Waals surface area contributed by atoms with Crippen LogP contribution >= 0.6 is 12.6 Å². The molecule has 0 saturated carbocycles. The Bertz CT molecular complexity index is 162. The van der Waals surface area contributed by atoms with Gasteiger partial charge in [-0.25, -0.2) is 0 Å². The van der Waals surface area contributed by atoms with Crippen LogP contribution in [-0.2, 0) is 14.3 Å². The van der Waals surface area contributed by atoms with Crippen LogP contribution in [0.5, 0.6) is 0 Å². The molecule has 0 bridgehead atoms. The zero-order chi connectivity index (χ0) is 11.5. The highest BCUT2D eigenvalue weighted by atomic mass is 32.1. The topological polar surface area (TPSA) is 35.5 Å². The Morgan fingerprint density at radius 1 is 1.40 bits per heavy atom. The molecule has 4 heteroatoms. The number of thiol groups is 1. The standard InChI is InChI=1S/C11H22O3S/c1-3-5-8-13-9-14-11(12)7-6-10(15)4-2/h10,15H,3-9H2,1-2H3. The van der Waals surface area contributed by atoms with Crippen molar-refractivity contribution in [1.29, 1.82) is 0 Å². The molecular formula is C11H22O3S. The molecule has 0 saturated heterocycles. The monoisotopic (exact) mass is 234 g/mol. The van der Waals surface area contributed by atoms with Gasteiger partial charge in [0.2, 0.25) is 0 Å². The van der Waals surface area contributed by atoms with E-state index in [-0.39, 0.29) is 12.8 Å². The quantitative estimate of drug-likeness (QED) is 0.288. The summed E-state index contributed by atoms with van der Waals surface area (Å²) in [7, 11) is 0. The van der Waals surface area contributed by atoms with Crippen molar-refractivity contribution in [1.82, 2.24) is 0 Å². The van der Waals surface area contributed by atoms with Crippen molar-refractivity contribution in [3.63, 3.8) is 0 Å². The van der Waals surface area contributed by atoms with E-state index < -0.39 is 0 Å². The van der Waals surface area contributed by atoms with Gasteiger partial charge in [-0.1, -0.05) is 20.3 Å². The fraction of sp³-hybridized carbons (Fsp3) is 0.909. The van der Waals surface area contributed by atoms with Crippen LogP contribution in [0.3, 0.4) is 0 Å². The van der Waals surface area contributed by atoms with Gasteiger partial charge >= 0.3 is 5.97 Å².